The van der Waals surface area contributed by atoms with E-state index in [1.807, 2.05) is 0 Å². The van der Waals surface area contributed by atoms with Crippen molar-refractivity contribution in [2.45, 2.75) is 80.1 Å². The molecule has 3 heteroatoms. The van der Waals surface area contributed by atoms with E-state index >= 15 is 0 Å². The Kier molecular flexibility index (Phi) is 13.1. The van der Waals surface area contributed by atoms with Gasteiger partial charge in [-0.1, -0.05) is 54.4 Å². The van der Waals surface area contributed by atoms with Crippen LogP contribution in [0.4, 0.5) is 0 Å². The second-order valence-electron chi connectivity index (χ2n) is 8.92. The van der Waals surface area contributed by atoms with E-state index in [2.05, 4.69) is 41.5 Å². The minimum atomic E-state index is 0.255. The summed E-state index contributed by atoms with van der Waals surface area (Å²) in [5.74, 6) is 0. The van der Waals surface area contributed by atoms with Gasteiger partial charge in [0.2, 0.25) is 0 Å². The molecular weight excluding hydrogens is 288 g/mol. The molecule has 3 nitrogen and oxygen atoms in total. The zero-order valence-corrected chi connectivity index (χ0v) is 16.7. The molecule has 23 heavy (non-hydrogen) atoms. The van der Waals surface area contributed by atoms with Gasteiger partial charge in [0.1, 0.15) is 0 Å². The second kappa shape index (κ2) is 13.2. The molecule has 0 unspecified atom stereocenters. The zero-order valence-electron chi connectivity index (χ0n) is 16.7. The molecule has 0 aromatic heterocycles. The SMILES string of the molecule is CC(C)(C)CCCCCOCCCOCCCOCC(C)(C)C. The Bertz CT molecular complexity index is 225. The summed E-state index contributed by atoms with van der Waals surface area (Å²) in [5.41, 5.74) is 0.723. The Labute approximate surface area is 145 Å². The maximum atomic E-state index is 5.64. The first-order chi connectivity index (χ1) is 10.7. The summed E-state index contributed by atoms with van der Waals surface area (Å²) in [4.78, 5) is 0. The van der Waals surface area contributed by atoms with Crippen LogP contribution in [-0.4, -0.2) is 39.6 Å². The van der Waals surface area contributed by atoms with Crippen LogP contribution in [-0.2, 0) is 14.2 Å². The standard InChI is InChI=1S/C20H42O3/c1-19(2,3)12-8-7-9-13-21-14-10-15-22-16-11-17-23-18-20(4,5)6/h7-18H2,1-6H3. The van der Waals surface area contributed by atoms with Crippen molar-refractivity contribution in [1.82, 2.24) is 0 Å². The highest BCUT2D eigenvalue weighted by molar-refractivity contribution is 4.61. The molecular formula is C20H42O3. The molecule has 0 saturated carbocycles. The van der Waals surface area contributed by atoms with Crippen LogP contribution in [0.5, 0.6) is 0 Å². The summed E-state index contributed by atoms with van der Waals surface area (Å²) >= 11 is 0. The largest absolute Gasteiger partial charge is 0.381 e. The fraction of sp³-hybridized carbons (Fsp3) is 1.00. The molecule has 0 fully saturated rings. The van der Waals surface area contributed by atoms with Crippen LogP contribution in [0.15, 0.2) is 0 Å². The van der Waals surface area contributed by atoms with Gasteiger partial charge in [0, 0.05) is 33.0 Å². The normalized spacial score (nSPS) is 12.8. The van der Waals surface area contributed by atoms with Crippen LogP contribution in [0, 0.1) is 10.8 Å². The Morgan fingerprint density at radius 1 is 0.478 bits per heavy atom. The minimum absolute atomic E-state index is 0.255. The maximum Gasteiger partial charge on any atom is 0.0514 e. The fourth-order valence-electron chi connectivity index (χ4n) is 2.14. The van der Waals surface area contributed by atoms with Crippen LogP contribution >= 0.6 is 0 Å². The average Bonchev–Trinajstić information content (AvgIpc) is 2.40. The average molecular weight is 331 g/mol. The third-order valence-electron chi connectivity index (χ3n) is 3.41. The maximum absolute atomic E-state index is 5.64. The third kappa shape index (κ3) is 21.9. The molecule has 0 radical (unpaired) electrons. The minimum Gasteiger partial charge on any atom is -0.381 e. The molecule has 0 amide bonds. The van der Waals surface area contributed by atoms with Gasteiger partial charge in [-0.15, -0.1) is 0 Å². The van der Waals surface area contributed by atoms with Crippen LogP contribution in [0.3, 0.4) is 0 Å². The Hall–Kier alpha value is -0.120. The number of unbranched alkanes of at least 4 members (excludes halogenated alkanes) is 2. The van der Waals surface area contributed by atoms with Crippen LogP contribution in [0.1, 0.15) is 80.1 Å². The molecule has 0 N–H and O–H groups in total. The molecule has 0 saturated heterocycles. The van der Waals surface area contributed by atoms with E-state index in [-0.39, 0.29) is 5.41 Å². The van der Waals surface area contributed by atoms with Gasteiger partial charge >= 0.3 is 0 Å². The number of hydrogen-bond acceptors (Lipinski definition) is 3. The van der Waals surface area contributed by atoms with Crippen LogP contribution in [0.25, 0.3) is 0 Å². The van der Waals surface area contributed by atoms with Crippen molar-refractivity contribution < 1.29 is 14.2 Å². The van der Waals surface area contributed by atoms with Crippen LogP contribution < -0.4 is 0 Å². The first-order valence-electron chi connectivity index (χ1n) is 9.44. The lowest BCUT2D eigenvalue weighted by molar-refractivity contribution is 0.0417. The van der Waals surface area contributed by atoms with Crippen LogP contribution in [0.2, 0.25) is 0 Å². The number of hydrogen-bond donors (Lipinski definition) is 0. The fourth-order valence-corrected chi connectivity index (χ4v) is 2.14. The van der Waals surface area contributed by atoms with Crippen molar-refractivity contribution in [1.29, 1.82) is 0 Å². The van der Waals surface area contributed by atoms with Gasteiger partial charge in [-0.2, -0.15) is 0 Å². The molecule has 0 spiro atoms. The smallest absolute Gasteiger partial charge is 0.0514 e. The third-order valence-corrected chi connectivity index (χ3v) is 3.41. The molecule has 0 aliphatic rings. The van der Waals surface area contributed by atoms with Crippen molar-refractivity contribution in [2.24, 2.45) is 10.8 Å². The Balaban J connectivity index is 3.08. The van der Waals surface area contributed by atoms with Gasteiger partial charge in [0.25, 0.3) is 0 Å². The quantitative estimate of drug-likeness (QED) is 0.395. The predicted molar refractivity (Wildman–Crippen MR) is 99.1 cm³/mol. The highest BCUT2D eigenvalue weighted by Crippen LogP contribution is 2.21. The lowest BCUT2D eigenvalue weighted by Gasteiger charge is -2.17. The van der Waals surface area contributed by atoms with Gasteiger partial charge in [-0.3, -0.25) is 0 Å². The molecule has 0 heterocycles. The van der Waals surface area contributed by atoms with E-state index in [0.717, 1.165) is 52.5 Å². The summed E-state index contributed by atoms with van der Waals surface area (Å²) in [6.45, 7) is 18.4. The first kappa shape index (κ1) is 22.9. The molecule has 0 rings (SSSR count). The summed E-state index contributed by atoms with van der Waals surface area (Å²) in [7, 11) is 0. The van der Waals surface area contributed by atoms with Gasteiger partial charge in [0.15, 0.2) is 0 Å². The van der Waals surface area contributed by atoms with Crippen molar-refractivity contribution in [3.8, 4) is 0 Å². The molecule has 0 aromatic rings. The Morgan fingerprint density at radius 2 is 0.957 bits per heavy atom. The summed E-state index contributed by atoms with van der Waals surface area (Å²) in [6, 6.07) is 0. The lowest BCUT2D eigenvalue weighted by atomic mass is 9.89. The zero-order chi connectivity index (χ0) is 17.6. The van der Waals surface area contributed by atoms with Gasteiger partial charge in [0.05, 0.1) is 6.61 Å². The van der Waals surface area contributed by atoms with Gasteiger partial charge in [-0.25, -0.2) is 0 Å². The van der Waals surface area contributed by atoms with Crippen molar-refractivity contribution in [3.05, 3.63) is 0 Å². The first-order valence-corrected chi connectivity index (χ1v) is 9.44. The summed E-state index contributed by atoms with van der Waals surface area (Å²) in [5, 5.41) is 0. The molecule has 0 atom stereocenters. The van der Waals surface area contributed by atoms with E-state index in [0.29, 0.717) is 5.41 Å². The predicted octanol–water partition coefficient (Wildman–Crippen LogP) is 5.47. The van der Waals surface area contributed by atoms with E-state index in [4.69, 9.17) is 14.2 Å². The lowest BCUT2D eigenvalue weighted by Crippen LogP contribution is -2.15. The molecule has 0 bridgehead atoms. The monoisotopic (exact) mass is 330 g/mol. The van der Waals surface area contributed by atoms with E-state index in [9.17, 15) is 0 Å². The van der Waals surface area contributed by atoms with Crippen molar-refractivity contribution in [3.63, 3.8) is 0 Å². The van der Waals surface area contributed by atoms with Crippen molar-refractivity contribution in [2.75, 3.05) is 39.6 Å². The number of ether oxygens (including phenoxy) is 3. The second-order valence-corrected chi connectivity index (χ2v) is 8.92. The van der Waals surface area contributed by atoms with Gasteiger partial charge < -0.3 is 14.2 Å². The van der Waals surface area contributed by atoms with E-state index < -0.39 is 0 Å². The molecule has 140 valence electrons. The van der Waals surface area contributed by atoms with E-state index in [1.54, 1.807) is 0 Å². The van der Waals surface area contributed by atoms with Crippen molar-refractivity contribution >= 4 is 0 Å². The Morgan fingerprint density at radius 3 is 1.43 bits per heavy atom. The van der Waals surface area contributed by atoms with E-state index in [1.165, 1.54) is 25.7 Å². The molecule has 0 aromatic carbocycles. The summed E-state index contributed by atoms with van der Waals surface area (Å²) in [6.07, 6.45) is 7.05. The number of rotatable bonds is 14. The molecule has 0 aliphatic heterocycles. The summed E-state index contributed by atoms with van der Waals surface area (Å²) < 4.78 is 16.8. The van der Waals surface area contributed by atoms with Gasteiger partial charge in [-0.05, 0) is 36.5 Å². The highest BCUT2D eigenvalue weighted by atomic mass is 16.5. The molecule has 0 aliphatic carbocycles. The highest BCUT2D eigenvalue weighted by Gasteiger charge is 2.09. The topological polar surface area (TPSA) is 27.7 Å².